The summed E-state index contributed by atoms with van der Waals surface area (Å²) >= 11 is 0. The summed E-state index contributed by atoms with van der Waals surface area (Å²) in [6, 6.07) is 22.3. The van der Waals surface area contributed by atoms with E-state index < -0.39 is 10.2 Å². The lowest BCUT2D eigenvalue weighted by Crippen LogP contribution is -2.68. The van der Waals surface area contributed by atoms with E-state index in [2.05, 4.69) is 27.4 Å². The highest BCUT2D eigenvalue weighted by molar-refractivity contribution is 5.66. The molecule has 0 fully saturated rings. The zero-order chi connectivity index (χ0) is 19.4. The van der Waals surface area contributed by atoms with Crippen LogP contribution in [-0.2, 0) is 7.05 Å². The third kappa shape index (κ3) is 5.03. The van der Waals surface area contributed by atoms with Crippen molar-refractivity contribution in [2.45, 2.75) is 0 Å². The normalized spacial score (nSPS) is 11.1. The van der Waals surface area contributed by atoms with Gasteiger partial charge in [-0.05, 0) is 0 Å². The maximum Gasteiger partial charge on any atom is 0.440 e. The number of aromatic nitrogens is 5. The Labute approximate surface area is 156 Å². The second-order valence-electron chi connectivity index (χ2n) is 5.43. The van der Waals surface area contributed by atoms with Gasteiger partial charge in [-0.3, -0.25) is 0 Å². The quantitative estimate of drug-likeness (QED) is 0.347. The Hall–Kier alpha value is -2.95. The number of aryl methyl sites for hydroxylation is 1. The minimum atomic E-state index is -4.94. The van der Waals surface area contributed by atoms with Crippen LogP contribution in [0.3, 0.4) is 0 Å². The van der Waals surface area contributed by atoms with E-state index in [1.807, 2.05) is 54.6 Å². The van der Waals surface area contributed by atoms with Crippen molar-refractivity contribution in [2.75, 3.05) is 0 Å². The second-order valence-corrected chi connectivity index (χ2v) is 6.18. The number of rotatable bonds is 2. The number of hydrogen-bond acceptors (Lipinski definition) is 7. The Morgan fingerprint density at radius 2 is 1.37 bits per heavy atom. The van der Waals surface area contributed by atoms with Crippen LogP contribution in [0.5, 0.6) is 0 Å². The number of hydrogen-bond donors (Lipinski definition) is 0. The standard InChI is InChI=1S/C17H14N5.ClHO4/c1-21-19-17-18-15(13-8-4-2-5-9-13)12-16(22(17)20-21)14-10-6-3-7-11-14;2-1(3,4)5/h2-12H,1H3;(H,2,3,4,5)/q+1;/p-1. The largest absolute Gasteiger partial charge is 0.440 e. The first-order valence-corrected chi connectivity index (χ1v) is 8.92. The summed E-state index contributed by atoms with van der Waals surface area (Å²) in [7, 11) is -3.15. The molecule has 2 aromatic heterocycles. The molecule has 0 aliphatic heterocycles. The van der Waals surface area contributed by atoms with E-state index in [0.29, 0.717) is 5.78 Å². The van der Waals surface area contributed by atoms with Crippen LogP contribution in [0.1, 0.15) is 0 Å². The van der Waals surface area contributed by atoms with Gasteiger partial charge in [0, 0.05) is 22.4 Å². The number of benzene rings is 2. The van der Waals surface area contributed by atoms with Crippen molar-refractivity contribution in [1.29, 1.82) is 0 Å². The molecule has 0 aliphatic rings. The van der Waals surface area contributed by atoms with Gasteiger partial charge >= 0.3 is 5.78 Å². The molecular weight excluding hydrogens is 374 g/mol. The third-order valence-corrected chi connectivity index (χ3v) is 3.50. The van der Waals surface area contributed by atoms with Gasteiger partial charge in [0.05, 0.1) is 5.10 Å². The van der Waals surface area contributed by atoms with Crippen LogP contribution in [0.15, 0.2) is 66.7 Å². The lowest BCUT2D eigenvalue weighted by molar-refractivity contribution is -2.00. The molecule has 0 saturated carbocycles. The molecule has 27 heavy (non-hydrogen) atoms. The van der Waals surface area contributed by atoms with Crippen molar-refractivity contribution >= 4 is 5.78 Å². The summed E-state index contributed by atoms with van der Waals surface area (Å²) < 4.78 is 35.7. The van der Waals surface area contributed by atoms with Crippen molar-refractivity contribution < 1.29 is 33.4 Å². The van der Waals surface area contributed by atoms with Gasteiger partial charge in [0.25, 0.3) is 0 Å². The third-order valence-electron chi connectivity index (χ3n) is 3.50. The van der Waals surface area contributed by atoms with Crippen molar-refractivity contribution in [3.63, 3.8) is 0 Å². The van der Waals surface area contributed by atoms with Crippen molar-refractivity contribution in [1.82, 2.24) is 20.1 Å². The van der Waals surface area contributed by atoms with Crippen LogP contribution in [0.25, 0.3) is 28.3 Å². The summed E-state index contributed by atoms with van der Waals surface area (Å²) in [6.45, 7) is 0. The lowest BCUT2D eigenvalue weighted by Gasteiger charge is -2.17. The molecule has 0 amide bonds. The highest BCUT2D eigenvalue weighted by Gasteiger charge is 2.19. The highest BCUT2D eigenvalue weighted by atomic mass is 35.7. The van der Waals surface area contributed by atoms with Gasteiger partial charge in [0.15, 0.2) is 0 Å². The average Bonchev–Trinajstić information content (AvgIpc) is 3.01. The first-order valence-electron chi connectivity index (χ1n) is 7.68. The predicted octanol–water partition coefficient (Wildman–Crippen LogP) is -2.47. The Morgan fingerprint density at radius 1 is 0.852 bits per heavy atom. The fourth-order valence-electron chi connectivity index (χ4n) is 2.49. The van der Waals surface area contributed by atoms with E-state index in [0.717, 1.165) is 22.5 Å². The Balaban J connectivity index is 0.000000376. The van der Waals surface area contributed by atoms with E-state index in [9.17, 15) is 0 Å². The zero-order valence-corrected chi connectivity index (χ0v) is 14.9. The van der Waals surface area contributed by atoms with E-state index in [1.165, 1.54) is 4.80 Å². The summed E-state index contributed by atoms with van der Waals surface area (Å²) in [6.07, 6.45) is 0. The molecule has 0 radical (unpaired) electrons. The Kier molecular flexibility index (Phi) is 5.40. The van der Waals surface area contributed by atoms with E-state index in [1.54, 1.807) is 11.6 Å². The monoisotopic (exact) mass is 387 g/mol. The molecule has 0 unspecified atom stereocenters. The molecule has 0 aliphatic carbocycles. The summed E-state index contributed by atoms with van der Waals surface area (Å²) in [5, 5.41) is 8.73. The van der Waals surface area contributed by atoms with Gasteiger partial charge < -0.3 is 0 Å². The van der Waals surface area contributed by atoms with E-state index in [4.69, 9.17) is 18.6 Å². The number of halogens is 1. The van der Waals surface area contributed by atoms with Gasteiger partial charge in [0.1, 0.15) is 18.4 Å². The number of fused-ring (bicyclic) bond motifs is 1. The topological polar surface area (TPSA) is 140 Å². The SMILES string of the molecule is Cn1nc2nc(-c3ccccc3)cc(-c3ccccc3)[n+]2n1.[O-][Cl+3]([O-])([O-])[O-]. The maximum atomic E-state index is 8.49. The molecule has 2 aromatic carbocycles. The fourth-order valence-corrected chi connectivity index (χ4v) is 2.49. The molecule has 0 saturated heterocycles. The molecule has 2 heterocycles. The molecule has 4 rings (SSSR count). The minimum Gasteiger partial charge on any atom is -0.222 e. The smallest absolute Gasteiger partial charge is 0.222 e. The van der Waals surface area contributed by atoms with E-state index in [-0.39, 0.29) is 0 Å². The van der Waals surface area contributed by atoms with Gasteiger partial charge in [-0.15, -0.1) is 10.2 Å². The number of nitrogens with zero attached hydrogens (tertiary/aromatic N) is 5. The average molecular weight is 388 g/mol. The first-order chi connectivity index (χ1) is 12.8. The van der Waals surface area contributed by atoms with Gasteiger partial charge in [-0.25, -0.2) is 18.6 Å². The fraction of sp³-hybridized carbons (Fsp3) is 0.0588. The van der Waals surface area contributed by atoms with Gasteiger partial charge in [0.2, 0.25) is 0 Å². The van der Waals surface area contributed by atoms with Crippen molar-refractivity contribution in [2.24, 2.45) is 7.05 Å². The van der Waals surface area contributed by atoms with Crippen LogP contribution in [0.4, 0.5) is 0 Å². The van der Waals surface area contributed by atoms with E-state index >= 15 is 0 Å². The van der Waals surface area contributed by atoms with Crippen LogP contribution in [0.2, 0.25) is 0 Å². The van der Waals surface area contributed by atoms with Gasteiger partial charge in [-0.2, -0.15) is 0 Å². The van der Waals surface area contributed by atoms with Crippen molar-refractivity contribution in [3.05, 3.63) is 66.7 Å². The summed E-state index contributed by atoms with van der Waals surface area (Å²) in [5.74, 6) is 0.586. The van der Waals surface area contributed by atoms with Crippen LogP contribution in [0, 0.1) is 10.2 Å². The molecular formula is C17H14ClN5O4. The molecule has 10 heteroatoms. The molecule has 0 atom stereocenters. The maximum absolute atomic E-state index is 8.49. The lowest BCUT2D eigenvalue weighted by atomic mass is 10.1. The summed E-state index contributed by atoms with van der Waals surface area (Å²) in [5.41, 5.74) is 4.00. The second kappa shape index (κ2) is 7.74. The molecule has 138 valence electrons. The molecule has 0 N–H and O–H groups in total. The summed E-state index contributed by atoms with van der Waals surface area (Å²) in [4.78, 5) is 6.15. The van der Waals surface area contributed by atoms with Crippen LogP contribution >= 0.6 is 0 Å². The zero-order valence-electron chi connectivity index (χ0n) is 14.1. The van der Waals surface area contributed by atoms with Crippen LogP contribution in [-0.4, -0.2) is 20.1 Å². The molecule has 9 nitrogen and oxygen atoms in total. The molecule has 0 spiro atoms. The Bertz CT molecular complexity index is 1030. The predicted molar refractivity (Wildman–Crippen MR) is 82.8 cm³/mol. The Morgan fingerprint density at radius 3 is 1.93 bits per heavy atom. The highest BCUT2D eigenvalue weighted by Crippen LogP contribution is 2.22. The molecule has 4 aromatic rings. The first kappa shape index (κ1) is 18.8. The van der Waals surface area contributed by atoms with Crippen molar-refractivity contribution in [3.8, 4) is 22.5 Å². The van der Waals surface area contributed by atoms with Crippen LogP contribution < -0.4 is 23.2 Å². The number of tetrazole rings is 1. The molecule has 0 bridgehead atoms. The minimum absolute atomic E-state index is 0.586. The van der Waals surface area contributed by atoms with Gasteiger partial charge in [-0.1, -0.05) is 75.0 Å².